The second-order valence-corrected chi connectivity index (χ2v) is 8.78. The number of anilines is 2. The summed E-state index contributed by atoms with van der Waals surface area (Å²) in [5.41, 5.74) is 3.50. The lowest BCUT2D eigenvalue weighted by Gasteiger charge is -2.13. The van der Waals surface area contributed by atoms with Crippen LogP contribution in [0, 0.1) is 0 Å². The minimum atomic E-state index is -0.128. The molecule has 9 heteroatoms. The molecule has 1 unspecified atom stereocenters. The third kappa shape index (κ3) is 4.69. The Labute approximate surface area is 207 Å². The van der Waals surface area contributed by atoms with Gasteiger partial charge in [0.05, 0.1) is 17.2 Å². The van der Waals surface area contributed by atoms with Crippen molar-refractivity contribution >= 4 is 39.2 Å². The molecule has 1 fully saturated rings. The molecule has 6 rings (SSSR count). The third-order valence-electron chi connectivity index (χ3n) is 6.19. The fourth-order valence-electron chi connectivity index (χ4n) is 4.38. The summed E-state index contributed by atoms with van der Waals surface area (Å²) in [7, 11) is 0. The zero-order valence-electron chi connectivity index (χ0n) is 19.5. The number of rotatable bonds is 7. The van der Waals surface area contributed by atoms with Gasteiger partial charge in [0, 0.05) is 34.6 Å². The van der Waals surface area contributed by atoms with Gasteiger partial charge in [-0.25, -0.2) is 9.97 Å². The summed E-state index contributed by atoms with van der Waals surface area (Å²) < 4.78 is 5.77. The molecule has 1 aliphatic heterocycles. The highest BCUT2D eigenvalue weighted by atomic mass is 16.5. The van der Waals surface area contributed by atoms with Crippen LogP contribution in [-0.4, -0.2) is 51.8 Å². The maximum absolute atomic E-state index is 12.3. The summed E-state index contributed by atoms with van der Waals surface area (Å²) in [6, 6.07) is 21.5. The number of aromatic nitrogens is 4. The van der Waals surface area contributed by atoms with E-state index in [0.29, 0.717) is 17.4 Å². The summed E-state index contributed by atoms with van der Waals surface area (Å²) in [6.45, 7) is 1.68. The first kappa shape index (κ1) is 22.0. The van der Waals surface area contributed by atoms with E-state index >= 15 is 0 Å². The number of nitrogens with one attached hydrogen (secondary N) is 4. The van der Waals surface area contributed by atoms with E-state index in [1.54, 1.807) is 6.20 Å². The first-order valence-electron chi connectivity index (χ1n) is 11.9. The molecular formula is C27H25N7O2. The van der Waals surface area contributed by atoms with Crippen molar-refractivity contribution in [3.63, 3.8) is 0 Å². The summed E-state index contributed by atoms with van der Waals surface area (Å²) in [6.07, 6.45) is 2.73. The first-order valence-corrected chi connectivity index (χ1v) is 11.9. The molecule has 3 aromatic carbocycles. The molecule has 1 aliphatic rings. The van der Waals surface area contributed by atoms with Crippen LogP contribution in [0.2, 0.25) is 0 Å². The second kappa shape index (κ2) is 9.63. The maximum atomic E-state index is 12.3. The standard InChI is InChI=1S/C27H25N7O2/c35-25(30-20-10-11-28-15-20)16-36-21-5-3-4-17(13-21)26-32-24-7-2-1-6-22(24)27(33-26)31-19-8-9-23-18(12-19)14-29-34-23/h1-9,12-14,20,28H,10-11,15-16H2,(H,29,34)(H,30,35)(H,31,32,33). The van der Waals surface area contributed by atoms with Crippen LogP contribution in [0.25, 0.3) is 33.2 Å². The fourth-order valence-corrected chi connectivity index (χ4v) is 4.38. The van der Waals surface area contributed by atoms with Crippen LogP contribution in [0.3, 0.4) is 0 Å². The van der Waals surface area contributed by atoms with E-state index in [-0.39, 0.29) is 18.6 Å². The number of aromatic amines is 1. The summed E-state index contributed by atoms with van der Waals surface area (Å²) in [4.78, 5) is 21.9. The Morgan fingerprint density at radius 2 is 2.00 bits per heavy atom. The Kier molecular flexibility index (Phi) is 5.88. The molecule has 9 nitrogen and oxygen atoms in total. The third-order valence-corrected chi connectivity index (χ3v) is 6.19. The largest absolute Gasteiger partial charge is 0.484 e. The van der Waals surface area contributed by atoms with Crippen molar-refractivity contribution in [2.75, 3.05) is 25.0 Å². The van der Waals surface area contributed by atoms with Gasteiger partial charge in [0.15, 0.2) is 12.4 Å². The van der Waals surface area contributed by atoms with Crippen LogP contribution >= 0.6 is 0 Å². The van der Waals surface area contributed by atoms with Crippen molar-refractivity contribution in [1.82, 2.24) is 30.8 Å². The van der Waals surface area contributed by atoms with Crippen LogP contribution in [0.15, 0.2) is 72.9 Å². The molecule has 1 saturated heterocycles. The SMILES string of the molecule is O=C(COc1cccc(-c2nc(Nc3ccc4[nH]ncc4c3)c3ccccc3n2)c1)NC1CCNC1. The molecule has 1 amide bonds. The summed E-state index contributed by atoms with van der Waals surface area (Å²) in [5.74, 6) is 1.72. The van der Waals surface area contributed by atoms with E-state index < -0.39 is 0 Å². The van der Waals surface area contributed by atoms with Gasteiger partial charge < -0.3 is 20.7 Å². The lowest BCUT2D eigenvalue weighted by Crippen LogP contribution is -2.39. The summed E-state index contributed by atoms with van der Waals surface area (Å²) in [5, 5.41) is 18.7. The van der Waals surface area contributed by atoms with Crippen molar-refractivity contribution in [3.8, 4) is 17.1 Å². The molecule has 3 heterocycles. The Morgan fingerprint density at radius 1 is 1.06 bits per heavy atom. The number of hydrogen-bond acceptors (Lipinski definition) is 7. The van der Waals surface area contributed by atoms with Gasteiger partial charge in [0.1, 0.15) is 11.6 Å². The van der Waals surface area contributed by atoms with Gasteiger partial charge in [0.25, 0.3) is 5.91 Å². The van der Waals surface area contributed by atoms with Crippen LogP contribution in [0.5, 0.6) is 5.75 Å². The normalized spacial score (nSPS) is 15.3. The number of benzene rings is 3. The Bertz CT molecular complexity index is 1540. The molecule has 5 aromatic rings. The Balaban J connectivity index is 1.26. The molecule has 180 valence electrons. The number of ether oxygens (including phenoxy) is 1. The number of carbonyl (C=O) groups excluding carboxylic acids is 1. The van der Waals surface area contributed by atoms with Gasteiger partial charge in [-0.15, -0.1) is 0 Å². The van der Waals surface area contributed by atoms with E-state index in [1.807, 2.05) is 66.7 Å². The highest BCUT2D eigenvalue weighted by molar-refractivity contribution is 5.93. The van der Waals surface area contributed by atoms with Gasteiger partial charge in [-0.1, -0.05) is 24.3 Å². The van der Waals surface area contributed by atoms with Gasteiger partial charge in [-0.05, 0) is 55.4 Å². The number of hydrogen-bond donors (Lipinski definition) is 4. The molecule has 36 heavy (non-hydrogen) atoms. The molecule has 4 N–H and O–H groups in total. The second-order valence-electron chi connectivity index (χ2n) is 8.78. The predicted molar refractivity (Wildman–Crippen MR) is 139 cm³/mol. The lowest BCUT2D eigenvalue weighted by molar-refractivity contribution is -0.123. The van der Waals surface area contributed by atoms with E-state index in [2.05, 4.69) is 26.1 Å². The van der Waals surface area contributed by atoms with Crippen molar-refractivity contribution in [2.45, 2.75) is 12.5 Å². The van der Waals surface area contributed by atoms with Crippen LogP contribution in [-0.2, 0) is 4.79 Å². The van der Waals surface area contributed by atoms with Gasteiger partial charge in [-0.2, -0.15) is 5.10 Å². The number of amides is 1. The predicted octanol–water partition coefficient (Wildman–Crippen LogP) is 3.77. The van der Waals surface area contributed by atoms with E-state index in [0.717, 1.165) is 52.6 Å². The molecule has 0 aliphatic carbocycles. The molecular weight excluding hydrogens is 454 g/mol. The van der Waals surface area contributed by atoms with Crippen molar-refractivity contribution < 1.29 is 9.53 Å². The highest BCUT2D eigenvalue weighted by Crippen LogP contribution is 2.29. The Morgan fingerprint density at radius 3 is 2.92 bits per heavy atom. The average Bonchev–Trinajstić information content (AvgIpc) is 3.59. The number of fused-ring (bicyclic) bond motifs is 2. The molecule has 1 atom stereocenters. The summed E-state index contributed by atoms with van der Waals surface area (Å²) >= 11 is 0. The number of para-hydroxylation sites is 1. The number of carbonyl (C=O) groups is 1. The fraction of sp³-hybridized carbons (Fsp3) is 0.185. The van der Waals surface area contributed by atoms with E-state index in [4.69, 9.17) is 14.7 Å². The van der Waals surface area contributed by atoms with Crippen LogP contribution < -0.4 is 20.7 Å². The van der Waals surface area contributed by atoms with Crippen LogP contribution in [0.1, 0.15) is 6.42 Å². The smallest absolute Gasteiger partial charge is 0.258 e. The van der Waals surface area contributed by atoms with Gasteiger partial charge >= 0.3 is 0 Å². The van der Waals surface area contributed by atoms with Crippen molar-refractivity contribution in [1.29, 1.82) is 0 Å². The molecule has 0 saturated carbocycles. The minimum Gasteiger partial charge on any atom is -0.484 e. The zero-order valence-corrected chi connectivity index (χ0v) is 19.5. The molecule has 0 bridgehead atoms. The zero-order chi connectivity index (χ0) is 24.3. The average molecular weight is 480 g/mol. The number of nitrogens with zero attached hydrogens (tertiary/aromatic N) is 3. The topological polar surface area (TPSA) is 117 Å². The van der Waals surface area contributed by atoms with Crippen molar-refractivity contribution in [3.05, 3.63) is 72.9 Å². The quantitative estimate of drug-likeness (QED) is 0.281. The van der Waals surface area contributed by atoms with Gasteiger partial charge in [-0.3, -0.25) is 9.89 Å². The first-order chi connectivity index (χ1) is 17.7. The molecule has 2 aromatic heterocycles. The molecule has 0 radical (unpaired) electrons. The maximum Gasteiger partial charge on any atom is 0.258 e. The monoisotopic (exact) mass is 479 g/mol. The molecule has 0 spiro atoms. The van der Waals surface area contributed by atoms with Gasteiger partial charge in [0.2, 0.25) is 0 Å². The Hall–Kier alpha value is -4.50. The van der Waals surface area contributed by atoms with E-state index in [9.17, 15) is 4.79 Å². The minimum absolute atomic E-state index is 0.0399. The lowest BCUT2D eigenvalue weighted by atomic mass is 10.1. The number of H-pyrrole nitrogens is 1. The highest BCUT2D eigenvalue weighted by Gasteiger charge is 2.17. The van der Waals surface area contributed by atoms with Crippen LogP contribution in [0.4, 0.5) is 11.5 Å². The van der Waals surface area contributed by atoms with E-state index in [1.165, 1.54) is 0 Å². The van der Waals surface area contributed by atoms with Crippen molar-refractivity contribution in [2.24, 2.45) is 0 Å².